The zero-order valence-electron chi connectivity index (χ0n) is 11.6. The van der Waals surface area contributed by atoms with Gasteiger partial charge in [-0.25, -0.2) is 9.18 Å². The first-order valence-electron chi connectivity index (χ1n) is 6.25. The number of hydrogen-bond acceptors (Lipinski definition) is 3. The molecule has 0 aliphatic carbocycles. The molecule has 0 saturated carbocycles. The molecule has 0 aliphatic heterocycles. The van der Waals surface area contributed by atoms with Crippen LogP contribution in [-0.2, 0) is 6.54 Å². The van der Waals surface area contributed by atoms with Gasteiger partial charge in [0.25, 0.3) is 5.91 Å². The van der Waals surface area contributed by atoms with E-state index in [1.54, 1.807) is 26.0 Å². The maximum atomic E-state index is 13.5. The molecule has 0 spiro atoms. The number of aryl methyl sites for hydroxylation is 2. The van der Waals surface area contributed by atoms with Gasteiger partial charge in [-0.15, -0.1) is 0 Å². The average Bonchev–Trinajstić information content (AvgIpc) is 2.92. The maximum Gasteiger partial charge on any atom is 0.371 e. The Hall–Kier alpha value is -2.63. The van der Waals surface area contributed by atoms with Crippen molar-refractivity contribution in [3.05, 3.63) is 58.3 Å². The van der Waals surface area contributed by atoms with Crippen LogP contribution >= 0.6 is 0 Å². The van der Waals surface area contributed by atoms with Gasteiger partial charge < -0.3 is 14.8 Å². The number of carbonyl (C=O) groups excluding carboxylic acids is 1. The highest BCUT2D eigenvalue weighted by molar-refractivity contribution is 5.93. The van der Waals surface area contributed by atoms with Crippen LogP contribution in [0.2, 0.25) is 0 Å². The lowest BCUT2D eigenvalue weighted by Crippen LogP contribution is -2.22. The molecule has 2 N–H and O–H groups in total. The van der Waals surface area contributed by atoms with Crippen molar-refractivity contribution >= 4 is 11.9 Å². The van der Waals surface area contributed by atoms with Crippen molar-refractivity contribution in [3.8, 4) is 0 Å². The summed E-state index contributed by atoms with van der Waals surface area (Å²) < 4.78 is 18.4. The second-order valence-corrected chi connectivity index (χ2v) is 4.70. The van der Waals surface area contributed by atoms with Gasteiger partial charge in [0.05, 0.1) is 0 Å². The minimum Gasteiger partial charge on any atom is -0.475 e. The van der Waals surface area contributed by atoms with Crippen molar-refractivity contribution in [2.24, 2.45) is 0 Å². The molecule has 0 atom stereocenters. The van der Waals surface area contributed by atoms with Crippen LogP contribution in [0.5, 0.6) is 0 Å². The van der Waals surface area contributed by atoms with Gasteiger partial charge in [-0.05, 0) is 42.7 Å². The first-order chi connectivity index (χ1) is 9.88. The number of halogens is 1. The lowest BCUT2D eigenvalue weighted by Gasteiger charge is -2.07. The van der Waals surface area contributed by atoms with Gasteiger partial charge in [-0.3, -0.25) is 4.79 Å². The molecule has 0 radical (unpaired) electrons. The molecule has 21 heavy (non-hydrogen) atoms. The highest BCUT2D eigenvalue weighted by Gasteiger charge is 2.14. The maximum absolute atomic E-state index is 13.5. The van der Waals surface area contributed by atoms with Gasteiger partial charge in [-0.2, -0.15) is 0 Å². The first-order valence-corrected chi connectivity index (χ1v) is 6.25. The molecular formula is C15H14FNO4. The summed E-state index contributed by atoms with van der Waals surface area (Å²) in [5.74, 6) is -2.40. The lowest BCUT2D eigenvalue weighted by atomic mass is 10.1. The van der Waals surface area contributed by atoms with E-state index >= 15 is 0 Å². The van der Waals surface area contributed by atoms with Crippen LogP contribution in [0.25, 0.3) is 0 Å². The van der Waals surface area contributed by atoms with Gasteiger partial charge in [-0.1, -0.05) is 12.1 Å². The molecule has 1 aromatic heterocycles. The Labute approximate surface area is 120 Å². The van der Waals surface area contributed by atoms with E-state index < -0.39 is 11.9 Å². The molecule has 110 valence electrons. The normalized spacial score (nSPS) is 10.4. The third-order valence-electron chi connectivity index (χ3n) is 2.99. The van der Waals surface area contributed by atoms with Crippen molar-refractivity contribution in [2.75, 3.05) is 0 Å². The van der Waals surface area contributed by atoms with Gasteiger partial charge in [0.2, 0.25) is 5.76 Å². The van der Waals surface area contributed by atoms with Crippen LogP contribution in [0.15, 0.2) is 28.7 Å². The molecule has 2 aromatic rings. The number of carboxylic acids is 1. The Kier molecular flexibility index (Phi) is 4.07. The van der Waals surface area contributed by atoms with Crippen LogP contribution in [0.4, 0.5) is 4.39 Å². The second-order valence-electron chi connectivity index (χ2n) is 4.70. The molecular weight excluding hydrogens is 277 g/mol. The van der Waals surface area contributed by atoms with E-state index in [2.05, 4.69) is 5.32 Å². The molecule has 0 aliphatic rings. The van der Waals surface area contributed by atoms with Crippen molar-refractivity contribution < 1.29 is 23.5 Å². The summed E-state index contributed by atoms with van der Waals surface area (Å²) in [6.45, 7) is 3.50. The number of aromatic carboxylic acids is 1. The van der Waals surface area contributed by atoms with E-state index in [0.29, 0.717) is 11.1 Å². The first kappa shape index (κ1) is 14.8. The quantitative estimate of drug-likeness (QED) is 0.907. The summed E-state index contributed by atoms with van der Waals surface area (Å²) in [5, 5.41) is 11.3. The van der Waals surface area contributed by atoms with Gasteiger partial charge in [0, 0.05) is 6.54 Å². The second kappa shape index (κ2) is 5.78. The summed E-state index contributed by atoms with van der Waals surface area (Å²) in [7, 11) is 0. The third-order valence-corrected chi connectivity index (χ3v) is 2.99. The molecule has 5 nitrogen and oxygen atoms in total. The third kappa shape index (κ3) is 3.28. The van der Waals surface area contributed by atoms with Crippen LogP contribution in [0, 0.1) is 19.7 Å². The molecule has 1 aromatic carbocycles. The number of carboxylic acid groups (broad SMARTS) is 1. The van der Waals surface area contributed by atoms with Crippen LogP contribution in [0.3, 0.4) is 0 Å². The van der Waals surface area contributed by atoms with E-state index in [4.69, 9.17) is 9.52 Å². The zero-order valence-corrected chi connectivity index (χ0v) is 11.6. The van der Waals surface area contributed by atoms with E-state index in [1.165, 1.54) is 12.1 Å². The topological polar surface area (TPSA) is 79.5 Å². The van der Waals surface area contributed by atoms with E-state index in [-0.39, 0.29) is 23.9 Å². The molecule has 0 saturated heterocycles. The molecule has 0 bridgehead atoms. The highest BCUT2D eigenvalue weighted by atomic mass is 19.1. The summed E-state index contributed by atoms with van der Waals surface area (Å²) in [5.41, 5.74) is 1.76. The number of nitrogens with one attached hydrogen (secondary N) is 1. The summed E-state index contributed by atoms with van der Waals surface area (Å²) in [6, 6.07) is 5.80. The van der Waals surface area contributed by atoms with Crippen LogP contribution in [0.1, 0.15) is 37.8 Å². The fourth-order valence-electron chi connectivity index (χ4n) is 1.98. The Bertz CT molecular complexity index is 682. The Morgan fingerprint density at radius 2 is 1.76 bits per heavy atom. The largest absolute Gasteiger partial charge is 0.475 e. The van der Waals surface area contributed by atoms with E-state index in [9.17, 15) is 14.0 Å². The number of rotatable bonds is 4. The van der Waals surface area contributed by atoms with Crippen molar-refractivity contribution in [1.82, 2.24) is 5.32 Å². The SMILES string of the molecule is Cc1cc(CNC(=O)c2ccc(C(=O)O)o2)cc(C)c1F. The predicted octanol–water partition coefficient (Wildman–Crippen LogP) is 2.66. The smallest absolute Gasteiger partial charge is 0.371 e. The van der Waals surface area contributed by atoms with Crippen molar-refractivity contribution in [3.63, 3.8) is 0 Å². The highest BCUT2D eigenvalue weighted by Crippen LogP contribution is 2.15. The standard InChI is InChI=1S/C15H14FNO4/c1-8-5-10(6-9(2)13(8)16)7-17-14(18)11-3-4-12(21-11)15(19)20/h3-6H,7H2,1-2H3,(H,17,18)(H,19,20). The Balaban J connectivity index is 2.05. The summed E-state index contributed by atoms with van der Waals surface area (Å²) in [6.07, 6.45) is 0. The van der Waals surface area contributed by atoms with E-state index in [1.807, 2.05) is 0 Å². The fraction of sp³-hybridized carbons (Fsp3) is 0.200. The van der Waals surface area contributed by atoms with Gasteiger partial charge >= 0.3 is 5.97 Å². The fourth-order valence-corrected chi connectivity index (χ4v) is 1.98. The minimum atomic E-state index is -1.24. The zero-order chi connectivity index (χ0) is 15.6. The number of furan rings is 1. The molecule has 2 rings (SSSR count). The predicted molar refractivity (Wildman–Crippen MR) is 72.7 cm³/mol. The van der Waals surface area contributed by atoms with Crippen LogP contribution in [-0.4, -0.2) is 17.0 Å². The molecule has 0 unspecified atom stereocenters. The molecule has 1 amide bonds. The van der Waals surface area contributed by atoms with Gasteiger partial charge in [0.1, 0.15) is 5.82 Å². The monoisotopic (exact) mass is 291 g/mol. The lowest BCUT2D eigenvalue weighted by molar-refractivity contribution is 0.0659. The average molecular weight is 291 g/mol. The number of benzene rings is 1. The van der Waals surface area contributed by atoms with Gasteiger partial charge in [0.15, 0.2) is 5.76 Å². The number of hydrogen-bond donors (Lipinski definition) is 2. The Morgan fingerprint density at radius 1 is 1.19 bits per heavy atom. The van der Waals surface area contributed by atoms with Crippen molar-refractivity contribution in [2.45, 2.75) is 20.4 Å². The summed E-state index contributed by atoms with van der Waals surface area (Å²) in [4.78, 5) is 22.5. The number of carbonyl (C=O) groups is 2. The Morgan fingerprint density at radius 3 is 2.29 bits per heavy atom. The van der Waals surface area contributed by atoms with Crippen LogP contribution < -0.4 is 5.32 Å². The summed E-state index contributed by atoms with van der Waals surface area (Å²) >= 11 is 0. The molecule has 0 fully saturated rings. The van der Waals surface area contributed by atoms with E-state index in [0.717, 1.165) is 5.56 Å². The molecule has 6 heteroatoms. The minimum absolute atomic E-state index is 0.0806. The van der Waals surface area contributed by atoms with Crippen molar-refractivity contribution in [1.29, 1.82) is 0 Å². The number of amides is 1. The molecule has 1 heterocycles.